The van der Waals surface area contributed by atoms with Crippen LogP contribution in [-0.4, -0.2) is 13.1 Å². The highest BCUT2D eigenvalue weighted by Crippen LogP contribution is 2.31. The molecule has 0 spiro atoms. The summed E-state index contributed by atoms with van der Waals surface area (Å²) in [4.78, 5) is 0. The fourth-order valence-electron chi connectivity index (χ4n) is 2.08. The van der Waals surface area contributed by atoms with E-state index < -0.39 is 0 Å². The second-order valence-electron chi connectivity index (χ2n) is 4.80. The lowest BCUT2D eigenvalue weighted by Crippen LogP contribution is -2.30. The lowest BCUT2D eigenvalue weighted by Gasteiger charge is -2.28. The third kappa shape index (κ3) is 2.69. The zero-order valence-corrected chi connectivity index (χ0v) is 10.6. The highest BCUT2D eigenvalue weighted by molar-refractivity contribution is 6.30. The van der Waals surface area contributed by atoms with Crippen LogP contribution in [0.2, 0.25) is 5.02 Å². The Kier molecular flexibility index (Phi) is 3.72. The molecule has 0 aliphatic carbocycles. The first-order valence-electron chi connectivity index (χ1n) is 5.93. The normalized spacial score (nSPS) is 19.4. The average Bonchev–Trinajstić information content (AvgIpc) is 2.26. The van der Waals surface area contributed by atoms with E-state index in [4.69, 9.17) is 11.6 Å². The van der Waals surface area contributed by atoms with Crippen LogP contribution in [0.1, 0.15) is 31.9 Å². The molecule has 1 heterocycles. The van der Waals surface area contributed by atoms with Crippen LogP contribution in [0.3, 0.4) is 0 Å². The average molecular weight is 239 g/mol. The molecule has 0 amide bonds. The number of fused-ring (bicyclic) bond motifs is 1. The van der Waals surface area contributed by atoms with Gasteiger partial charge in [0.1, 0.15) is 0 Å². The molecular weight excluding hydrogens is 220 g/mol. The van der Waals surface area contributed by atoms with Crippen molar-refractivity contribution in [1.29, 1.82) is 0 Å². The monoisotopic (exact) mass is 238 g/mol. The molecule has 1 aromatic carbocycles. The number of nitrogens with one attached hydrogen (secondary N) is 2. The number of anilines is 1. The second-order valence-corrected chi connectivity index (χ2v) is 5.24. The highest BCUT2D eigenvalue weighted by Gasteiger charge is 2.19. The molecule has 1 aromatic rings. The van der Waals surface area contributed by atoms with Gasteiger partial charge in [0.25, 0.3) is 0 Å². The third-order valence-corrected chi connectivity index (χ3v) is 3.15. The molecule has 0 bridgehead atoms. The molecule has 0 radical (unpaired) electrons. The van der Waals surface area contributed by atoms with Gasteiger partial charge in [-0.1, -0.05) is 25.4 Å². The van der Waals surface area contributed by atoms with Crippen molar-refractivity contribution in [2.75, 3.05) is 18.4 Å². The maximum absolute atomic E-state index is 6.05. The smallest absolute Gasteiger partial charge is 0.0410 e. The molecule has 1 unspecified atom stereocenters. The van der Waals surface area contributed by atoms with Gasteiger partial charge in [0.2, 0.25) is 0 Å². The maximum Gasteiger partial charge on any atom is 0.0410 e. The number of hydrogen-bond donors (Lipinski definition) is 2. The van der Waals surface area contributed by atoms with E-state index >= 15 is 0 Å². The quantitative estimate of drug-likeness (QED) is 0.843. The lowest BCUT2D eigenvalue weighted by atomic mass is 9.97. The summed E-state index contributed by atoms with van der Waals surface area (Å²) in [5, 5.41) is 7.83. The Morgan fingerprint density at radius 1 is 1.50 bits per heavy atom. The zero-order chi connectivity index (χ0) is 11.5. The van der Waals surface area contributed by atoms with E-state index in [1.165, 1.54) is 11.3 Å². The van der Waals surface area contributed by atoms with Gasteiger partial charge in [-0.15, -0.1) is 0 Å². The van der Waals surface area contributed by atoms with Crippen molar-refractivity contribution in [2.24, 2.45) is 5.92 Å². The molecule has 0 aromatic heterocycles. The summed E-state index contributed by atoms with van der Waals surface area (Å²) in [7, 11) is 0. The summed E-state index contributed by atoms with van der Waals surface area (Å²) in [6.07, 6.45) is 1.13. The van der Waals surface area contributed by atoms with E-state index in [2.05, 4.69) is 36.6 Å². The summed E-state index contributed by atoms with van der Waals surface area (Å²) in [6, 6.07) is 6.53. The van der Waals surface area contributed by atoms with Gasteiger partial charge >= 0.3 is 0 Å². The van der Waals surface area contributed by atoms with E-state index in [1.807, 2.05) is 6.07 Å². The lowest BCUT2D eigenvalue weighted by molar-refractivity contribution is 0.454. The summed E-state index contributed by atoms with van der Waals surface area (Å²) in [6.45, 7) is 6.54. The van der Waals surface area contributed by atoms with E-state index in [0.29, 0.717) is 12.0 Å². The zero-order valence-electron chi connectivity index (χ0n) is 9.89. The van der Waals surface area contributed by atoms with E-state index in [1.54, 1.807) is 0 Å². The van der Waals surface area contributed by atoms with Crippen molar-refractivity contribution in [3.8, 4) is 0 Å². The largest absolute Gasteiger partial charge is 0.385 e. The van der Waals surface area contributed by atoms with Crippen molar-refractivity contribution < 1.29 is 0 Å². The Morgan fingerprint density at radius 3 is 3.06 bits per heavy atom. The topological polar surface area (TPSA) is 24.1 Å². The Morgan fingerprint density at radius 2 is 2.31 bits per heavy atom. The molecule has 3 heteroatoms. The first kappa shape index (κ1) is 11.7. The van der Waals surface area contributed by atoms with Crippen molar-refractivity contribution in [1.82, 2.24) is 5.32 Å². The summed E-state index contributed by atoms with van der Waals surface area (Å²) in [5.74, 6) is 0.678. The first-order valence-corrected chi connectivity index (χ1v) is 6.31. The molecular formula is C13H19ClN2. The number of hydrogen-bond acceptors (Lipinski definition) is 2. The van der Waals surface area contributed by atoms with Crippen LogP contribution in [0, 0.1) is 5.92 Å². The van der Waals surface area contributed by atoms with Crippen molar-refractivity contribution in [3.63, 3.8) is 0 Å². The Labute approximate surface area is 102 Å². The van der Waals surface area contributed by atoms with Crippen LogP contribution in [0.15, 0.2) is 18.2 Å². The molecule has 0 saturated heterocycles. The van der Waals surface area contributed by atoms with Gasteiger partial charge in [0.15, 0.2) is 0 Å². The summed E-state index contributed by atoms with van der Waals surface area (Å²) < 4.78 is 0. The fourth-order valence-corrected chi connectivity index (χ4v) is 2.26. The minimum Gasteiger partial charge on any atom is -0.385 e. The Hall–Kier alpha value is -0.730. The molecule has 16 heavy (non-hydrogen) atoms. The molecule has 1 atom stereocenters. The first-order chi connectivity index (χ1) is 7.66. The van der Waals surface area contributed by atoms with Crippen molar-refractivity contribution in [2.45, 2.75) is 26.3 Å². The molecule has 2 nitrogen and oxygen atoms in total. The van der Waals surface area contributed by atoms with E-state index in [9.17, 15) is 0 Å². The molecule has 1 aliphatic heterocycles. The minimum absolute atomic E-state index is 0.442. The van der Waals surface area contributed by atoms with Crippen LogP contribution < -0.4 is 10.6 Å². The van der Waals surface area contributed by atoms with Crippen molar-refractivity contribution in [3.05, 3.63) is 28.8 Å². The van der Waals surface area contributed by atoms with Crippen LogP contribution >= 0.6 is 11.6 Å². The number of rotatable bonds is 3. The van der Waals surface area contributed by atoms with Crippen molar-refractivity contribution >= 4 is 17.3 Å². The van der Waals surface area contributed by atoms with Crippen LogP contribution in [0.4, 0.5) is 5.69 Å². The molecule has 2 N–H and O–H groups in total. The number of halogens is 1. The van der Waals surface area contributed by atoms with Crippen LogP contribution in [0.25, 0.3) is 0 Å². The summed E-state index contributed by atoms with van der Waals surface area (Å²) >= 11 is 6.05. The predicted molar refractivity (Wildman–Crippen MR) is 70.1 cm³/mol. The van der Waals surface area contributed by atoms with Gasteiger partial charge in [-0.3, -0.25) is 0 Å². The van der Waals surface area contributed by atoms with E-state index in [0.717, 1.165) is 24.5 Å². The molecule has 1 aliphatic rings. The third-order valence-electron chi connectivity index (χ3n) is 2.91. The van der Waals surface area contributed by atoms with Gasteiger partial charge in [-0.2, -0.15) is 0 Å². The van der Waals surface area contributed by atoms with E-state index in [-0.39, 0.29) is 0 Å². The SMILES string of the molecule is CC(C)CNC1CCNc2ccc(Cl)cc21. The van der Waals surface area contributed by atoms with Crippen LogP contribution in [-0.2, 0) is 0 Å². The second kappa shape index (κ2) is 5.07. The van der Waals surface area contributed by atoms with Gasteiger partial charge in [0, 0.05) is 23.3 Å². The standard InChI is InChI=1S/C13H19ClN2/c1-9(2)8-16-13-5-6-15-12-4-3-10(14)7-11(12)13/h3-4,7,9,13,15-16H,5-6,8H2,1-2H3. The Bertz CT molecular complexity index is 363. The van der Waals surface area contributed by atoms with Gasteiger partial charge in [-0.25, -0.2) is 0 Å². The predicted octanol–water partition coefficient (Wildman–Crippen LogP) is 3.44. The molecule has 0 saturated carbocycles. The van der Waals surface area contributed by atoms with Gasteiger partial charge in [-0.05, 0) is 42.6 Å². The van der Waals surface area contributed by atoms with Gasteiger partial charge < -0.3 is 10.6 Å². The maximum atomic E-state index is 6.05. The van der Waals surface area contributed by atoms with Crippen LogP contribution in [0.5, 0.6) is 0 Å². The molecule has 88 valence electrons. The molecule has 0 fully saturated rings. The Balaban J connectivity index is 2.15. The molecule has 2 rings (SSSR count). The highest BCUT2D eigenvalue weighted by atomic mass is 35.5. The fraction of sp³-hybridized carbons (Fsp3) is 0.538. The minimum atomic E-state index is 0.442. The summed E-state index contributed by atoms with van der Waals surface area (Å²) in [5.41, 5.74) is 2.52. The number of benzene rings is 1. The van der Waals surface area contributed by atoms with Gasteiger partial charge in [0.05, 0.1) is 0 Å².